The van der Waals surface area contributed by atoms with Crippen LogP contribution in [0.1, 0.15) is 27.2 Å². The van der Waals surface area contributed by atoms with Crippen LogP contribution in [0.5, 0.6) is 0 Å². The largest absolute Gasteiger partial charge is 0.358 e. The van der Waals surface area contributed by atoms with Gasteiger partial charge in [-0.05, 0) is 43.2 Å². The molecule has 0 aliphatic carbocycles. The Morgan fingerprint density at radius 2 is 1.76 bits per heavy atom. The number of carbonyl (C=O) groups is 2. The minimum absolute atomic E-state index is 0.155. The van der Waals surface area contributed by atoms with Gasteiger partial charge < -0.3 is 4.98 Å². The third-order valence-corrected chi connectivity index (χ3v) is 4.43. The molecule has 0 aliphatic heterocycles. The molecule has 1 heterocycles. The number of carbonyl (C=O) groups excluding carboxylic acids is 2. The number of amides is 2. The SMILES string of the molecule is Cc1[nH]c2c(C(=O)NNC(=O)Cc3ccc(Cl)cc3)cccc2c1C. The van der Waals surface area contributed by atoms with Crippen molar-refractivity contribution in [2.45, 2.75) is 20.3 Å². The first kappa shape index (κ1) is 17.0. The molecule has 0 saturated carbocycles. The predicted octanol–water partition coefficient (Wildman–Crippen LogP) is 3.44. The Balaban J connectivity index is 1.67. The third kappa shape index (κ3) is 3.67. The van der Waals surface area contributed by atoms with Crippen molar-refractivity contribution in [3.63, 3.8) is 0 Å². The first-order valence-electron chi connectivity index (χ1n) is 7.87. The Labute approximate surface area is 150 Å². The summed E-state index contributed by atoms with van der Waals surface area (Å²) in [6.45, 7) is 3.97. The van der Waals surface area contributed by atoms with Crippen molar-refractivity contribution in [2.75, 3.05) is 0 Å². The van der Waals surface area contributed by atoms with Crippen molar-refractivity contribution >= 4 is 34.3 Å². The molecular weight excluding hydrogens is 338 g/mol. The van der Waals surface area contributed by atoms with Crippen molar-refractivity contribution in [1.82, 2.24) is 15.8 Å². The van der Waals surface area contributed by atoms with Gasteiger partial charge in [0.2, 0.25) is 5.91 Å². The molecule has 0 spiro atoms. The molecule has 128 valence electrons. The van der Waals surface area contributed by atoms with Crippen LogP contribution in [-0.2, 0) is 11.2 Å². The van der Waals surface area contributed by atoms with E-state index in [-0.39, 0.29) is 18.2 Å². The molecule has 0 unspecified atom stereocenters. The van der Waals surface area contributed by atoms with E-state index in [2.05, 4.69) is 15.8 Å². The zero-order valence-corrected chi connectivity index (χ0v) is 14.7. The normalized spacial score (nSPS) is 10.7. The van der Waals surface area contributed by atoms with E-state index in [0.717, 1.165) is 27.7 Å². The van der Waals surface area contributed by atoms with E-state index in [1.165, 1.54) is 0 Å². The number of hydrogen-bond acceptors (Lipinski definition) is 2. The number of aryl methyl sites for hydroxylation is 2. The number of benzene rings is 2. The van der Waals surface area contributed by atoms with Gasteiger partial charge in [0, 0.05) is 16.1 Å². The maximum Gasteiger partial charge on any atom is 0.271 e. The van der Waals surface area contributed by atoms with Crippen LogP contribution in [0.2, 0.25) is 5.02 Å². The third-order valence-electron chi connectivity index (χ3n) is 4.18. The number of aromatic amines is 1. The molecule has 0 saturated heterocycles. The van der Waals surface area contributed by atoms with Crippen LogP contribution >= 0.6 is 11.6 Å². The molecule has 1 aromatic heterocycles. The second-order valence-corrected chi connectivity index (χ2v) is 6.35. The van der Waals surface area contributed by atoms with E-state index >= 15 is 0 Å². The number of para-hydroxylation sites is 1. The molecule has 3 rings (SSSR count). The summed E-state index contributed by atoms with van der Waals surface area (Å²) in [5, 5.41) is 1.61. The van der Waals surface area contributed by atoms with E-state index in [1.54, 1.807) is 30.3 Å². The highest BCUT2D eigenvalue weighted by Gasteiger charge is 2.14. The van der Waals surface area contributed by atoms with E-state index in [9.17, 15) is 9.59 Å². The molecule has 0 aliphatic rings. The molecule has 2 aromatic carbocycles. The summed E-state index contributed by atoms with van der Waals surface area (Å²) in [6, 6.07) is 12.5. The van der Waals surface area contributed by atoms with Crippen LogP contribution in [-0.4, -0.2) is 16.8 Å². The Kier molecular flexibility index (Phi) is 4.76. The molecule has 3 N–H and O–H groups in total. The number of halogens is 1. The Morgan fingerprint density at radius 3 is 2.48 bits per heavy atom. The van der Waals surface area contributed by atoms with Crippen LogP contribution in [0.15, 0.2) is 42.5 Å². The number of H-pyrrole nitrogens is 1. The highest BCUT2D eigenvalue weighted by atomic mass is 35.5. The van der Waals surface area contributed by atoms with Gasteiger partial charge >= 0.3 is 0 Å². The van der Waals surface area contributed by atoms with Gasteiger partial charge in [-0.25, -0.2) is 0 Å². The fourth-order valence-corrected chi connectivity index (χ4v) is 2.82. The lowest BCUT2D eigenvalue weighted by Gasteiger charge is -2.08. The van der Waals surface area contributed by atoms with E-state index in [4.69, 9.17) is 11.6 Å². The van der Waals surface area contributed by atoms with Gasteiger partial charge in [0.15, 0.2) is 0 Å². The first-order chi connectivity index (χ1) is 12.0. The zero-order chi connectivity index (χ0) is 18.0. The second kappa shape index (κ2) is 6.99. The minimum atomic E-state index is -0.365. The first-order valence-corrected chi connectivity index (χ1v) is 8.25. The predicted molar refractivity (Wildman–Crippen MR) is 98.5 cm³/mol. The molecule has 0 bridgehead atoms. The van der Waals surface area contributed by atoms with Gasteiger partial charge in [-0.2, -0.15) is 0 Å². The Hall–Kier alpha value is -2.79. The molecule has 3 aromatic rings. The lowest BCUT2D eigenvalue weighted by Crippen LogP contribution is -2.42. The summed E-state index contributed by atoms with van der Waals surface area (Å²) in [7, 11) is 0. The summed E-state index contributed by atoms with van der Waals surface area (Å²) < 4.78 is 0. The van der Waals surface area contributed by atoms with Gasteiger partial charge in [0.05, 0.1) is 17.5 Å². The molecule has 0 atom stereocenters. The van der Waals surface area contributed by atoms with Gasteiger partial charge in [0.25, 0.3) is 5.91 Å². The summed E-state index contributed by atoms with van der Waals surface area (Å²) >= 11 is 5.82. The summed E-state index contributed by atoms with van der Waals surface area (Å²) in [5.74, 6) is -0.669. The molecule has 0 radical (unpaired) electrons. The smallest absolute Gasteiger partial charge is 0.271 e. The van der Waals surface area contributed by atoms with Crippen LogP contribution in [0.25, 0.3) is 10.9 Å². The van der Waals surface area contributed by atoms with Crippen LogP contribution in [0.3, 0.4) is 0 Å². The zero-order valence-electron chi connectivity index (χ0n) is 13.9. The monoisotopic (exact) mass is 355 g/mol. The fourth-order valence-electron chi connectivity index (χ4n) is 2.70. The van der Waals surface area contributed by atoms with Gasteiger partial charge in [-0.15, -0.1) is 0 Å². The van der Waals surface area contributed by atoms with E-state index < -0.39 is 0 Å². The number of hydrazine groups is 1. The average molecular weight is 356 g/mol. The van der Waals surface area contributed by atoms with Gasteiger partial charge in [-0.1, -0.05) is 35.9 Å². The van der Waals surface area contributed by atoms with Crippen LogP contribution < -0.4 is 10.9 Å². The van der Waals surface area contributed by atoms with Crippen molar-refractivity contribution < 1.29 is 9.59 Å². The molecular formula is C19H18ClN3O2. The van der Waals surface area contributed by atoms with E-state index in [0.29, 0.717) is 10.6 Å². The lowest BCUT2D eigenvalue weighted by molar-refractivity contribution is -0.121. The Bertz CT molecular complexity index is 945. The maximum absolute atomic E-state index is 12.4. The molecule has 25 heavy (non-hydrogen) atoms. The number of rotatable bonds is 3. The van der Waals surface area contributed by atoms with E-state index in [1.807, 2.05) is 26.0 Å². The molecule has 2 amide bonds. The quantitative estimate of drug-likeness (QED) is 0.629. The van der Waals surface area contributed by atoms with Crippen molar-refractivity contribution in [3.05, 3.63) is 69.9 Å². The average Bonchev–Trinajstić information content (AvgIpc) is 2.89. The van der Waals surface area contributed by atoms with Crippen molar-refractivity contribution in [1.29, 1.82) is 0 Å². The van der Waals surface area contributed by atoms with Gasteiger partial charge in [0.1, 0.15) is 0 Å². The number of nitrogens with one attached hydrogen (secondary N) is 3. The maximum atomic E-state index is 12.4. The lowest BCUT2D eigenvalue weighted by atomic mass is 10.1. The molecule has 6 heteroatoms. The highest BCUT2D eigenvalue weighted by molar-refractivity contribution is 6.30. The summed E-state index contributed by atoms with van der Waals surface area (Å²) in [4.78, 5) is 27.6. The number of hydrogen-bond donors (Lipinski definition) is 3. The standard InChI is InChI=1S/C19H18ClN3O2/c1-11-12(2)21-18-15(11)4-3-5-16(18)19(25)23-22-17(24)10-13-6-8-14(20)9-7-13/h3-9,21H,10H2,1-2H3,(H,22,24)(H,23,25). The molecule has 5 nitrogen and oxygen atoms in total. The topological polar surface area (TPSA) is 74.0 Å². The van der Waals surface area contributed by atoms with Crippen molar-refractivity contribution in [2.24, 2.45) is 0 Å². The van der Waals surface area contributed by atoms with Crippen LogP contribution in [0, 0.1) is 13.8 Å². The summed E-state index contributed by atoms with van der Waals surface area (Å²) in [6.07, 6.45) is 0.155. The fraction of sp³-hybridized carbons (Fsp3) is 0.158. The summed E-state index contributed by atoms with van der Waals surface area (Å²) in [5.41, 5.74) is 9.10. The highest BCUT2D eigenvalue weighted by Crippen LogP contribution is 2.24. The second-order valence-electron chi connectivity index (χ2n) is 5.91. The minimum Gasteiger partial charge on any atom is -0.358 e. The Morgan fingerprint density at radius 1 is 1.04 bits per heavy atom. The number of aromatic nitrogens is 1. The van der Waals surface area contributed by atoms with Gasteiger partial charge in [-0.3, -0.25) is 20.4 Å². The number of fused-ring (bicyclic) bond motifs is 1. The van der Waals surface area contributed by atoms with Crippen LogP contribution in [0.4, 0.5) is 0 Å². The van der Waals surface area contributed by atoms with Crippen molar-refractivity contribution in [3.8, 4) is 0 Å². The molecule has 0 fully saturated rings.